The zero-order valence-corrected chi connectivity index (χ0v) is 10.5. The fourth-order valence-corrected chi connectivity index (χ4v) is 1.91. The van der Waals surface area contributed by atoms with Gasteiger partial charge in [0.05, 0.1) is 6.54 Å². The fourth-order valence-electron chi connectivity index (χ4n) is 1.91. The lowest BCUT2D eigenvalue weighted by Gasteiger charge is -2.27. The number of carbonyl (C=O) groups excluding carboxylic acids is 2. The van der Waals surface area contributed by atoms with Gasteiger partial charge < -0.3 is 10.2 Å². The smallest absolute Gasteiger partial charge is 0.242 e. The second-order valence-electron chi connectivity index (χ2n) is 4.93. The molecule has 0 aromatic heterocycles. The largest absolute Gasteiger partial charge is 0.347 e. The van der Waals surface area contributed by atoms with Crippen LogP contribution in [0, 0.1) is 5.92 Å². The number of nitrogens with one attached hydrogen (secondary N) is 1. The molecule has 1 fully saturated rings. The predicted octanol–water partition coefficient (Wildman–Crippen LogP) is 1.16. The third kappa shape index (κ3) is 3.83. The van der Waals surface area contributed by atoms with E-state index in [0.717, 1.165) is 12.8 Å². The summed E-state index contributed by atoms with van der Waals surface area (Å²) in [4.78, 5) is 24.8. The van der Waals surface area contributed by atoms with Crippen molar-refractivity contribution in [3.8, 4) is 0 Å². The lowest BCUT2D eigenvalue weighted by atomic mass is 10.0. The van der Waals surface area contributed by atoms with Crippen molar-refractivity contribution in [1.29, 1.82) is 0 Å². The van der Waals surface area contributed by atoms with Crippen LogP contribution in [-0.4, -0.2) is 35.8 Å². The highest BCUT2D eigenvalue weighted by Gasteiger charge is 2.24. The van der Waals surface area contributed by atoms with Gasteiger partial charge in [0.15, 0.2) is 0 Å². The summed E-state index contributed by atoms with van der Waals surface area (Å²) in [7, 11) is 0. The Bertz CT molecular complexity index is 264. The van der Waals surface area contributed by atoms with Crippen molar-refractivity contribution in [2.45, 2.75) is 46.1 Å². The molecule has 1 unspecified atom stereocenters. The van der Waals surface area contributed by atoms with E-state index >= 15 is 0 Å². The van der Waals surface area contributed by atoms with Crippen LogP contribution in [0.3, 0.4) is 0 Å². The first-order valence-corrected chi connectivity index (χ1v) is 6.07. The number of hydrogen-bond acceptors (Lipinski definition) is 2. The number of nitrogens with zero attached hydrogens (tertiary/aromatic N) is 1. The van der Waals surface area contributed by atoms with Gasteiger partial charge in [-0.15, -0.1) is 0 Å². The molecule has 0 saturated carbocycles. The third-order valence-electron chi connectivity index (χ3n) is 3.03. The van der Waals surface area contributed by atoms with E-state index in [-0.39, 0.29) is 24.4 Å². The minimum atomic E-state index is -0.0214. The maximum atomic E-state index is 11.8. The quantitative estimate of drug-likeness (QED) is 0.782. The van der Waals surface area contributed by atoms with Gasteiger partial charge in [0.1, 0.15) is 0 Å². The number of carbonyl (C=O) groups is 2. The van der Waals surface area contributed by atoms with Gasteiger partial charge in [0, 0.05) is 19.0 Å². The summed E-state index contributed by atoms with van der Waals surface area (Å²) in [6, 6.07) is 0.239. The Morgan fingerprint density at radius 3 is 2.56 bits per heavy atom. The molecule has 1 aliphatic rings. The standard InChI is InChI=1S/C12H22N2O2/c1-9(2)4-5-10(3)14-7-6-11(15)13-8-12(14)16/h9-10H,4-8H2,1-3H3,(H,13,15). The summed E-state index contributed by atoms with van der Waals surface area (Å²) in [6.45, 7) is 7.15. The molecule has 0 spiro atoms. The van der Waals surface area contributed by atoms with Gasteiger partial charge in [-0.05, 0) is 25.7 Å². The monoisotopic (exact) mass is 226 g/mol. The molecular weight excluding hydrogens is 204 g/mol. The van der Waals surface area contributed by atoms with Crippen LogP contribution in [0.1, 0.15) is 40.0 Å². The van der Waals surface area contributed by atoms with Gasteiger partial charge in [0.2, 0.25) is 11.8 Å². The minimum absolute atomic E-state index is 0.0214. The third-order valence-corrected chi connectivity index (χ3v) is 3.03. The first kappa shape index (κ1) is 13.0. The van der Waals surface area contributed by atoms with Crippen molar-refractivity contribution >= 4 is 11.8 Å². The van der Waals surface area contributed by atoms with Crippen molar-refractivity contribution in [2.75, 3.05) is 13.1 Å². The molecule has 4 nitrogen and oxygen atoms in total. The van der Waals surface area contributed by atoms with E-state index in [9.17, 15) is 9.59 Å². The summed E-state index contributed by atoms with van der Waals surface area (Å²) in [6.07, 6.45) is 2.56. The van der Waals surface area contributed by atoms with Gasteiger partial charge in [-0.25, -0.2) is 0 Å². The van der Waals surface area contributed by atoms with Crippen LogP contribution in [0.4, 0.5) is 0 Å². The Balaban J connectivity index is 2.49. The first-order chi connectivity index (χ1) is 7.50. The van der Waals surface area contributed by atoms with Crippen molar-refractivity contribution in [2.24, 2.45) is 5.92 Å². The molecule has 1 aliphatic heterocycles. The summed E-state index contributed by atoms with van der Waals surface area (Å²) in [5.74, 6) is 0.679. The van der Waals surface area contributed by atoms with E-state index < -0.39 is 0 Å². The lowest BCUT2D eigenvalue weighted by molar-refractivity contribution is -0.132. The molecule has 0 aromatic rings. The van der Waals surface area contributed by atoms with Gasteiger partial charge in [0.25, 0.3) is 0 Å². The molecule has 92 valence electrons. The average molecular weight is 226 g/mol. The molecule has 0 aromatic carbocycles. The Kier molecular flexibility index (Phi) is 4.77. The van der Waals surface area contributed by atoms with Crippen molar-refractivity contribution in [3.63, 3.8) is 0 Å². The topological polar surface area (TPSA) is 49.4 Å². The molecule has 1 heterocycles. The van der Waals surface area contributed by atoms with Crippen molar-refractivity contribution in [3.05, 3.63) is 0 Å². The molecule has 1 rings (SSSR count). The molecule has 1 atom stereocenters. The Hall–Kier alpha value is -1.06. The molecule has 16 heavy (non-hydrogen) atoms. The summed E-state index contributed by atoms with van der Waals surface area (Å²) < 4.78 is 0. The average Bonchev–Trinajstić information content (AvgIpc) is 2.38. The lowest BCUT2D eigenvalue weighted by Crippen LogP contribution is -2.41. The van der Waals surface area contributed by atoms with E-state index in [1.807, 2.05) is 4.90 Å². The van der Waals surface area contributed by atoms with E-state index in [0.29, 0.717) is 18.9 Å². The highest BCUT2D eigenvalue weighted by Crippen LogP contribution is 2.13. The molecule has 0 bridgehead atoms. The second-order valence-corrected chi connectivity index (χ2v) is 4.93. The van der Waals surface area contributed by atoms with E-state index in [2.05, 4.69) is 26.1 Å². The second kappa shape index (κ2) is 5.87. The molecule has 0 aliphatic carbocycles. The molecule has 1 saturated heterocycles. The fraction of sp³-hybridized carbons (Fsp3) is 0.833. The van der Waals surface area contributed by atoms with Crippen LogP contribution >= 0.6 is 0 Å². The molecule has 2 amide bonds. The highest BCUT2D eigenvalue weighted by atomic mass is 16.2. The number of rotatable bonds is 4. The van der Waals surface area contributed by atoms with E-state index in [4.69, 9.17) is 0 Å². The van der Waals surface area contributed by atoms with Gasteiger partial charge >= 0.3 is 0 Å². The zero-order valence-electron chi connectivity index (χ0n) is 10.5. The maximum Gasteiger partial charge on any atom is 0.242 e. The van der Waals surface area contributed by atoms with Gasteiger partial charge in [-0.1, -0.05) is 13.8 Å². The Morgan fingerprint density at radius 2 is 1.94 bits per heavy atom. The number of hydrogen-bond donors (Lipinski definition) is 1. The molecule has 1 N–H and O–H groups in total. The Labute approximate surface area is 97.4 Å². The van der Waals surface area contributed by atoms with Gasteiger partial charge in [-0.2, -0.15) is 0 Å². The normalized spacial score (nSPS) is 19.6. The van der Waals surface area contributed by atoms with E-state index in [1.165, 1.54) is 0 Å². The van der Waals surface area contributed by atoms with Crippen molar-refractivity contribution in [1.82, 2.24) is 10.2 Å². The molecule has 0 radical (unpaired) electrons. The summed E-state index contributed by atoms with van der Waals surface area (Å²) in [5.41, 5.74) is 0. The van der Waals surface area contributed by atoms with Crippen LogP contribution in [0.15, 0.2) is 0 Å². The van der Waals surface area contributed by atoms with E-state index in [1.54, 1.807) is 0 Å². The van der Waals surface area contributed by atoms with Crippen LogP contribution < -0.4 is 5.32 Å². The first-order valence-electron chi connectivity index (χ1n) is 6.07. The molecule has 4 heteroatoms. The molecular formula is C12H22N2O2. The Morgan fingerprint density at radius 1 is 1.25 bits per heavy atom. The highest BCUT2D eigenvalue weighted by molar-refractivity contribution is 5.87. The minimum Gasteiger partial charge on any atom is -0.347 e. The van der Waals surface area contributed by atoms with Crippen LogP contribution in [0.25, 0.3) is 0 Å². The van der Waals surface area contributed by atoms with Crippen LogP contribution in [0.5, 0.6) is 0 Å². The van der Waals surface area contributed by atoms with Crippen molar-refractivity contribution < 1.29 is 9.59 Å². The zero-order chi connectivity index (χ0) is 12.1. The number of amides is 2. The predicted molar refractivity (Wildman–Crippen MR) is 62.9 cm³/mol. The summed E-state index contributed by atoms with van der Waals surface area (Å²) in [5, 5.41) is 2.61. The van der Waals surface area contributed by atoms with Crippen LogP contribution in [0.2, 0.25) is 0 Å². The maximum absolute atomic E-state index is 11.8. The SMILES string of the molecule is CC(C)CCC(C)N1CCC(=O)NCC1=O. The summed E-state index contributed by atoms with van der Waals surface area (Å²) >= 11 is 0. The van der Waals surface area contributed by atoms with Crippen LogP contribution in [-0.2, 0) is 9.59 Å². The van der Waals surface area contributed by atoms with Gasteiger partial charge in [-0.3, -0.25) is 9.59 Å².